The molecule has 0 spiro atoms. The molecule has 1 rings (SSSR count). The van der Waals surface area contributed by atoms with E-state index >= 15 is 0 Å². The summed E-state index contributed by atoms with van der Waals surface area (Å²) in [7, 11) is -1.29. The van der Waals surface area contributed by atoms with E-state index in [1.807, 2.05) is 58.0 Å². The van der Waals surface area contributed by atoms with E-state index in [0.717, 1.165) is 11.3 Å². The van der Waals surface area contributed by atoms with Crippen LogP contribution in [0.1, 0.15) is 53.0 Å². The molecular weight excluding hydrogens is 282 g/mol. The summed E-state index contributed by atoms with van der Waals surface area (Å²) < 4.78 is 16.4. The van der Waals surface area contributed by atoms with E-state index in [-0.39, 0.29) is 16.4 Å². The van der Waals surface area contributed by atoms with Gasteiger partial charge in [-0.25, -0.2) is 4.21 Å². The second-order valence-electron chi connectivity index (χ2n) is 6.48. The van der Waals surface area contributed by atoms with Crippen LogP contribution >= 0.6 is 0 Å². The van der Waals surface area contributed by atoms with Crippen LogP contribution in [0.4, 0.5) is 0 Å². The Bertz CT molecular complexity index is 529. The molecule has 0 saturated heterocycles. The average Bonchev–Trinajstić information content (AvgIpc) is 2.36. The number of nitrogens with zero attached hydrogens (tertiary/aromatic N) is 1. The lowest BCUT2D eigenvalue weighted by Crippen LogP contribution is -2.22. The molecule has 0 bridgehead atoms. The minimum Gasteiger partial charge on any atom is -0.300 e. The Morgan fingerprint density at radius 2 is 1.76 bits per heavy atom. The van der Waals surface area contributed by atoms with Crippen molar-refractivity contribution in [2.24, 2.45) is 10.3 Å². The highest BCUT2D eigenvalue weighted by atomic mass is 32.2. The number of carbonyl (C=O) groups excluding carboxylic acids is 1. The van der Waals surface area contributed by atoms with Gasteiger partial charge in [0.1, 0.15) is 16.8 Å². The minimum atomic E-state index is -1.29. The molecular formula is C17H25NO2S. The zero-order chi connectivity index (χ0) is 16.0. The van der Waals surface area contributed by atoms with E-state index in [9.17, 15) is 9.00 Å². The van der Waals surface area contributed by atoms with Gasteiger partial charge in [0.15, 0.2) is 0 Å². The summed E-state index contributed by atoms with van der Waals surface area (Å²) in [6, 6.07) is 9.78. The molecule has 0 unspecified atom stereocenters. The highest BCUT2D eigenvalue weighted by molar-refractivity contribution is 7.85. The largest absolute Gasteiger partial charge is 0.300 e. The summed E-state index contributed by atoms with van der Waals surface area (Å²) >= 11 is 0. The van der Waals surface area contributed by atoms with Crippen LogP contribution in [0.2, 0.25) is 0 Å². The Labute approximate surface area is 130 Å². The van der Waals surface area contributed by atoms with Gasteiger partial charge in [-0.15, -0.1) is 0 Å². The summed E-state index contributed by atoms with van der Waals surface area (Å²) in [5.74, 6) is 0.366. The molecule has 0 heterocycles. The van der Waals surface area contributed by atoms with Gasteiger partial charge in [0.25, 0.3) is 0 Å². The van der Waals surface area contributed by atoms with Gasteiger partial charge in [-0.3, -0.25) is 0 Å². The topological polar surface area (TPSA) is 46.5 Å². The lowest BCUT2D eigenvalue weighted by atomic mass is 9.95. The zero-order valence-electron chi connectivity index (χ0n) is 13.6. The molecule has 2 atom stereocenters. The van der Waals surface area contributed by atoms with Crippen molar-refractivity contribution < 1.29 is 9.00 Å². The number of ketones is 1. The molecule has 1 aromatic carbocycles. The average molecular weight is 307 g/mol. The van der Waals surface area contributed by atoms with Crippen LogP contribution in [0.3, 0.4) is 0 Å². The number of hydrogen-bond donors (Lipinski definition) is 0. The van der Waals surface area contributed by atoms with Crippen molar-refractivity contribution in [2.45, 2.75) is 52.2 Å². The van der Waals surface area contributed by atoms with E-state index in [2.05, 4.69) is 4.40 Å². The highest BCUT2D eigenvalue weighted by Crippen LogP contribution is 2.19. The van der Waals surface area contributed by atoms with Crippen molar-refractivity contribution in [2.75, 3.05) is 0 Å². The summed E-state index contributed by atoms with van der Waals surface area (Å²) in [5, 5.41) is 0. The summed E-state index contributed by atoms with van der Waals surface area (Å²) in [4.78, 5) is 11.3. The fourth-order valence-electron chi connectivity index (χ4n) is 1.97. The van der Waals surface area contributed by atoms with E-state index < -0.39 is 11.0 Å². The van der Waals surface area contributed by atoms with Crippen molar-refractivity contribution in [3.8, 4) is 0 Å². The Morgan fingerprint density at radius 1 is 1.19 bits per heavy atom. The lowest BCUT2D eigenvalue weighted by molar-refractivity contribution is -0.117. The molecule has 1 aromatic rings. The Balaban J connectivity index is 3.04. The van der Waals surface area contributed by atoms with Gasteiger partial charge in [0, 0.05) is 6.42 Å². The molecule has 0 amide bonds. The molecule has 0 fully saturated rings. The number of benzene rings is 1. The number of Topliss-reactive ketones (excluding diaryl/α,β-unsaturated/α-hetero) is 1. The van der Waals surface area contributed by atoms with Crippen LogP contribution in [0.5, 0.6) is 0 Å². The van der Waals surface area contributed by atoms with Crippen molar-refractivity contribution in [3.05, 3.63) is 35.9 Å². The Kier molecular flexibility index (Phi) is 6.46. The van der Waals surface area contributed by atoms with Crippen LogP contribution in [0.25, 0.3) is 0 Å². The van der Waals surface area contributed by atoms with Gasteiger partial charge in [0.2, 0.25) is 0 Å². The maximum absolute atomic E-state index is 12.3. The first-order chi connectivity index (χ1) is 9.70. The first-order valence-electron chi connectivity index (χ1n) is 7.24. The third kappa shape index (κ3) is 6.34. The standard InChI is InChI=1S/C17H25NO2S/c1-13(11-14(2)19)12-16(15-9-7-6-8-10-15)18-21(20)17(3,4)5/h6-10,13H,11-12H2,1-5H3/b18-16-/t13-,21+/m0/s1. The van der Waals surface area contributed by atoms with E-state index in [4.69, 9.17) is 0 Å². The molecule has 4 heteroatoms. The molecule has 116 valence electrons. The summed E-state index contributed by atoms with van der Waals surface area (Å²) in [5.41, 5.74) is 1.79. The quantitative estimate of drug-likeness (QED) is 0.747. The van der Waals surface area contributed by atoms with Crippen molar-refractivity contribution in [1.82, 2.24) is 0 Å². The minimum absolute atomic E-state index is 0.173. The lowest BCUT2D eigenvalue weighted by Gasteiger charge is -2.17. The number of hydrogen-bond acceptors (Lipinski definition) is 2. The molecule has 3 nitrogen and oxygen atoms in total. The van der Waals surface area contributed by atoms with Crippen LogP contribution in [0, 0.1) is 5.92 Å². The molecule has 0 N–H and O–H groups in total. The van der Waals surface area contributed by atoms with Crippen molar-refractivity contribution in [3.63, 3.8) is 0 Å². The second-order valence-corrected chi connectivity index (χ2v) is 8.39. The molecule has 0 aliphatic heterocycles. The zero-order valence-corrected chi connectivity index (χ0v) is 14.4. The van der Waals surface area contributed by atoms with E-state index in [1.54, 1.807) is 6.92 Å². The Hall–Kier alpha value is -1.29. The van der Waals surface area contributed by atoms with Gasteiger partial charge in [-0.2, -0.15) is 4.40 Å². The third-order valence-corrected chi connectivity index (χ3v) is 4.44. The molecule has 21 heavy (non-hydrogen) atoms. The fourth-order valence-corrected chi connectivity index (χ4v) is 2.62. The van der Waals surface area contributed by atoms with Crippen molar-refractivity contribution >= 4 is 22.5 Å². The maximum Gasteiger partial charge on any atom is 0.145 e. The van der Waals surface area contributed by atoms with Gasteiger partial charge in [-0.1, -0.05) is 37.3 Å². The van der Waals surface area contributed by atoms with E-state index in [1.165, 1.54) is 0 Å². The smallest absolute Gasteiger partial charge is 0.145 e. The molecule has 0 radical (unpaired) electrons. The summed E-state index contributed by atoms with van der Waals surface area (Å²) in [6.07, 6.45) is 1.18. The van der Waals surface area contributed by atoms with Gasteiger partial charge >= 0.3 is 0 Å². The first kappa shape index (κ1) is 17.8. The SMILES string of the molecule is CC(=O)C[C@H](C)C/C(=N/[S@](=O)C(C)(C)C)c1ccccc1. The van der Waals surface area contributed by atoms with E-state index in [0.29, 0.717) is 12.8 Å². The number of rotatable bonds is 6. The van der Waals surface area contributed by atoms with Gasteiger partial charge < -0.3 is 4.79 Å². The molecule has 0 aromatic heterocycles. The first-order valence-corrected chi connectivity index (χ1v) is 8.35. The predicted octanol–water partition coefficient (Wildman–Crippen LogP) is 3.94. The van der Waals surface area contributed by atoms with Crippen molar-refractivity contribution in [1.29, 1.82) is 0 Å². The van der Waals surface area contributed by atoms with Crippen LogP contribution in [-0.4, -0.2) is 20.5 Å². The predicted molar refractivity (Wildman–Crippen MR) is 90.0 cm³/mol. The van der Waals surface area contributed by atoms with Crippen LogP contribution < -0.4 is 0 Å². The molecule has 0 saturated carbocycles. The third-order valence-electron chi connectivity index (χ3n) is 3.00. The summed E-state index contributed by atoms with van der Waals surface area (Å²) in [6.45, 7) is 9.36. The normalized spacial score (nSPS) is 15.6. The maximum atomic E-state index is 12.3. The van der Waals surface area contributed by atoms with Gasteiger partial charge in [-0.05, 0) is 45.6 Å². The molecule has 0 aliphatic carbocycles. The molecule has 0 aliphatic rings. The Morgan fingerprint density at radius 3 is 2.24 bits per heavy atom. The number of carbonyl (C=O) groups is 1. The van der Waals surface area contributed by atoms with Gasteiger partial charge in [0.05, 0.1) is 10.5 Å². The van der Waals surface area contributed by atoms with Crippen LogP contribution in [0.15, 0.2) is 34.7 Å². The monoisotopic (exact) mass is 307 g/mol. The highest BCUT2D eigenvalue weighted by Gasteiger charge is 2.21. The fraction of sp³-hybridized carbons (Fsp3) is 0.529. The second kappa shape index (κ2) is 7.64. The van der Waals surface area contributed by atoms with Crippen LogP contribution in [-0.2, 0) is 15.8 Å².